The summed E-state index contributed by atoms with van der Waals surface area (Å²) in [6.07, 6.45) is 2.02. The zero-order valence-electron chi connectivity index (χ0n) is 7.33. The highest BCUT2D eigenvalue weighted by Crippen LogP contribution is 2.13. The molecule has 0 aromatic carbocycles. The maximum absolute atomic E-state index is 5.86. The van der Waals surface area contributed by atoms with Crippen molar-refractivity contribution < 1.29 is 0 Å². The molecule has 3 nitrogen and oxygen atoms in total. The first kappa shape index (κ1) is 9.00. The average Bonchev–Trinajstić information content (AvgIpc) is 2.05. The van der Waals surface area contributed by atoms with Gasteiger partial charge in [0.1, 0.15) is 5.82 Å². The van der Waals surface area contributed by atoms with Gasteiger partial charge in [0.25, 0.3) is 0 Å². The van der Waals surface area contributed by atoms with E-state index in [0.717, 1.165) is 18.5 Å². The fraction of sp³-hybridized carbons (Fsp3) is 0.444. The fourth-order valence-corrected chi connectivity index (χ4v) is 1.13. The van der Waals surface area contributed by atoms with Crippen molar-refractivity contribution >= 4 is 5.82 Å². The van der Waals surface area contributed by atoms with Gasteiger partial charge >= 0.3 is 0 Å². The van der Waals surface area contributed by atoms with E-state index in [1.165, 1.54) is 0 Å². The van der Waals surface area contributed by atoms with Gasteiger partial charge in [-0.25, -0.2) is 4.98 Å². The lowest BCUT2D eigenvalue weighted by molar-refractivity contribution is 0.622. The van der Waals surface area contributed by atoms with Crippen LogP contribution in [-0.4, -0.2) is 4.98 Å². The van der Waals surface area contributed by atoms with Crippen LogP contribution in [0.25, 0.3) is 0 Å². The van der Waals surface area contributed by atoms with Crippen LogP contribution in [0.1, 0.15) is 31.5 Å². The molecule has 66 valence electrons. The van der Waals surface area contributed by atoms with Crippen molar-refractivity contribution in [3.05, 3.63) is 23.9 Å². The SMILES string of the molecule is CCC[C@@H](N)c1cccc(N)n1. The van der Waals surface area contributed by atoms with Crippen molar-refractivity contribution in [2.45, 2.75) is 25.8 Å². The van der Waals surface area contributed by atoms with E-state index in [9.17, 15) is 0 Å². The third-order valence-electron chi connectivity index (χ3n) is 1.77. The molecule has 0 aliphatic carbocycles. The smallest absolute Gasteiger partial charge is 0.123 e. The number of hydrogen-bond donors (Lipinski definition) is 2. The minimum Gasteiger partial charge on any atom is -0.384 e. The molecule has 0 aliphatic heterocycles. The van der Waals surface area contributed by atoms with E-state index in [1.54, 1.807) is 6.07 Å². The van der Waals surface area contributed by atoms with Crippen LogP contribution in [0.4, 0.5) is 5.82 Å². The second kappa shape index (κ2) is 4.07. The van der Waals surface area contributed by atoms with E-state index in [4.69, 9.17) is 11.5 Å². The molecule has 1 heterocycles. The van der Waals surface area contributed by atoms with Crippen molar-refractivity contribution in [1.29, 1.82) is 0 Å². The van der Waals surface area contributed by atoms with Crippen LogP contribution in [0.3, 0.4) is 0 Å². The normalized spacial score (nSPS) is 12.8. The Balaban J connectivity index is 2.73. The number of pyridine rings is 1. The first-order valence-corrected chi connectivity index (χ1v) is 4.22. The Morgan fingerprint density at radius 2 is 2.25 bits per heavy atom. The van der Waals surface area contributed by atoms with Gasteiger partial charge in [0, 0.05) is 6.04 Å². The summed E-state index contributed by atoms with van der Waals surface area (Å²) in [5, 5.41) is 0. The second-order valence-electron chi connectivity index (χ2n) is 2.88. The van der Waals surface area contributed by atoms with Crippen molar-refractivity contribution in [3.8, 4) is 0 Å². The van der Waals surface area contributed by atoms with Crippen LogP contribution in [0, 0.1) is 0 Å². The van der Waals surface area contributed by atoms with Gasteiger partial charge in [0.05, 0.1) is 5.69 Å². The summed E-state index contributed by atoms with van der Waals surface area (Å²) in [7, 11) is 0. The monoisotopic (exact) mass is 165 g/mol. The number of anilines is 1. The number of nitrogen functional groups attached to an aromatic ring is 1. The number of rotatable bonds is 3. The lowest BCUT2D eigenvalue weighted by atomic mass is 10.1. The Hall–Kier alpha value is -1.09. The summed E-state index contributed by atoms with van der Waals surface area (Å²) in [4.78, 5) is 4.14. The summed E-state index contributed by atoms with van der Waals surface area (Å²) < 4.78 is 0. The van der Waals surface area contributed by atoms with Crippen molar-refractivity contribution in [2.75, 3.05) is 5.73 Å². The maximum Gasteiger partial charge on any atom is 0.123 e. The molecular formula is C9H15N3. The molecule has 1 rings (SSSR count). The Morgan fingerprint density at radius 1 is 1.50 bits per heavy atom. The molecule has 0 amide bonds. The van der Waals surface area contributed by atoms with Gasteiger partial charge < -0.3 is 11.5 Å². The standard InChI is InChI=1S/C9H15N3/c1-2-4-7(10)8-5-3-6-9(11)12-8/h3,5-7H,2,4,10H2,1H3,(H2,11,12)/t7-/m1/s1. The zero-order valence-corrected chi connectivity index (χ0v) is 7.33. The number of aromatic nitrogens is 1. The maximum atomic E-state index is 5.86. The Bertz CT molecular complexity index is 247. The third-order valence-corrected chi connectivity index (χ3v) is 1.77. The predicted octanol–water partition coefficient (Wildman–Crippen LogP) is 1.46. The average molecular weight is 165 g/mol. The van der Waals surface area contributed by atoms with Crippen molar-refractivity contribution in [1.82, 2.24) is 4.98 Å². The molecule has 0 saturated carbocycles. The minimum absolute atomic E-state index is 0.0264. The lowest BCUT2D eigenvalue weighted by Gasteiger charge is -2.09. The quantitative estimate of drug-likeness (QED) is 0.712. The molecule has 1 aromatic heterocycles. The molecule has 1 atom stereocenters. The van der Waals surface area contributed by atoms with E-state index in [2.05, 4.69) is 11.9 Å². The Kier molecular flexibility index (Phi) is 3.05. The molecule has 0 aliphatic rings. The molecule has 0 radical (unpaired) electrons. The molecular weight excluding hydrogens is 150 g/mol. The summed E-state index contributed by atoms with van der Waals surface area (Å²) in [5.41, 5.74) is 12.3. The molecule has 0 bridgehead atoms. The molecule has 12 heavy (non-hydrogen) atoms. The Labute approximate surface area is 72.8 Å². The number of nitrogens with two attached hydrogens (primary N) is 2. The molecule has 0 unspecified atom stereocenters. The summed E-state index contributed by atoms with van der Waals surface area (Å²) >= 11 is 0. The zero-order chi connectivity index (χ0) is 8.97. The van der Waals surface area contributed by atoms with E-state index in [0.29, 0.717) is 5.82 Å². The van der Waals surface area contributed by atoms with Crippen LogP contribution in [0.5, 0.6) is 0 Å². The van der Waals surface area contributed by atoms with Gasteiger partial charge in [-0.15, -0.1) is 0 Å². The first-order valence-electron chi connectivity index (χ1n) is 4.22. The topological polar surface area (TPSA) is 64.9 Å². The molecule has 1 aromatic rings. The first-order chi connectivity index (χ1) is 5.74. The number of hydrogen-bond acceptors (Lipinski definition) is 3. The Morgan fingerprint density at radius 3 is 2.83 bits per heavy atom. The molecule has 3 heteroatoms. The van der Waals surface area contributed by atoms with Gasteiger partial charge in [-0.2, -0.15) is 0 Å². The molecule has 0 saturated heterocycles. The van der Waals surface area contributed by atoms with Gasteiger partial charge in [-0.05, 0) is 18.6 Å². The summed E-state index contributed by atoms with van der Waals surface area (Å²) in [6.45, 7) is 2.10. The summed E-state index contributed by atoms with van der Waals surface area (Å²) in [5.74, 6) is 0.541. The predicted molar refractivity (Wildman–Crippen MR) is 50.5 cm³/mol. The van der Waals surface area contributed by atoms with Gasteiger partial charge in [-0.3, -0.25) is 0 Å². The number of nitrogens with zero attached hydrogens (tertiary/aromatic N) is 1. The van der Waals surface area contributed by atoms with Crippen LogP contribution in [0.2, 0.25) is 0 Å². The van der Waals surface area contributed by atoms with E-state index in [1.807, 2.05) is 12.1 Å². The minimum atomic E-state index is 0.0264. The lowest BCUT2D eigenvalue weighted by Crippen LogP contribution is -2.12. The molecule has 0 spiro atoms. The van der Waals surface area contributed by atoms with Crippen molar-refractivity contribution in [2.24, 2.45) is 5.73 Å². The van der Waals surface area contributed by atoms with Crippen molar-refractivity contribution in [3.63, 3.8) is 0 Å². The molecule has 0 fully saturated rings. The van der Waals surface area contributed by atoms with E-state index >= 15 is 0 Å². The van der Waals surface area contributed by atoms with Gasteiger partial charge in [0.15, 0.2) is 0 Å². The van der Waals surface area contributed by atoms with Crippen LogP contribution in [0.15, 0.2) is 18.2 Å². The van der Waals surface area contributed by atoms with Gasteiger partial charge in [0.2, 0.25) is 0 Å². The van der Waals surface area contributed by atoms with Crippen LogP contribution in [-0.2, 0) is 0 Å². The van der Waals surface area contributed by atoms with Crippen LogP contribution < -0.4 is 11.5 Å². The second-order valence-corrected chi connectivity index (χ2v) is 2.88. The highest BCUT2D eigenvalue weighted by Gasteiger charge is 2.05. The van der Waals surface area contributed by atoms with Gasteiger partial charge in [-0.1, -0.05) is 19.4 Å². The largest absolute Gasteiger partial charge is 0.384 e. The highest BCUT2D eigenvalue weighted by atomic mass is 14.9. The fourth-order valence-electron chi connectivity index (χ4n) is 1.13. The summed E-state index contributed by atoms with van der Waals surface area (Å²) in [6, 6.07) is 5.59. The van der Waals surface area contributed by atoms with E-state index < -0.39 is 0 Å². The molecule has 4 N–H and O–H groups in total. The van der Waals surface area contributed by atoms with E-state index in [-0.39, 0.29) is 6.04 Å². The third kappa shape index (κ3) is 2.20. The van der Waals surface area contributed by atoms with Crippen LogP contribution >= 0.6 is 0 Å². The highest BCUT2D eigenvalue weighted by molar-refractivity contribution is 5.29.